The van der Waals surface area contributed by atoms with Crippen LogP contribution < -0.4 is 11.1 Å². The lowest BCUT2D eigenvalue weighted by molar-refractivity contribution is 0.100. The second-order valence-corrected chi connectivity index (χ2v) is 8.27. The highest BCUT2D eigenvalue weighted by atomic mass is 32.1. The molecule has 1 saturated carbocycles. The molecular weight excluding hydrogens is 413 g/mol. The van der Waals surface area contributed by atoms with Gasteiger partial charge in [-0.05, 0) is 43.2 Å². The van der Waals surface area contributed by atoms with E-state index < -0.39 is 5.91 Å². The molecule has 1 aliphatic carbocycles. The van der Waals surface area contributed by atoms with E-state index in [0.29, 0.717) is 23.0 Å². The number of carbonyl (C=O) groups is 1. The molecule has 1 fully saturated rings. The summed E-state index contributed by atoms with van der Waals surface area (Å²) < 4.78 is 13.9. The number of hydrogen-bond donors (Lipinski definition) is 2. The van der Waals surface area contributed by atoms with Crippen LogP contribution in [-0.2, 0) is 0 Å². The zero-order chi connectivity index (χ0) is 21.6. The lowest BCUT2D eigenvalue weighted by Crippen LogP contribution is -2.13. The highest BCUT2D eigenvalue weighted by molar-refractivity contribution is 7.22. The third-order valence-electron chi connectivity index (χ3n) is 5.03. The molecule has 0 spiro atoms. The van der Waals surface area contributed by atoms with E-state index in [1.165, 1.54) is 43.1 Å². The van der Waals surface area contributed by atoms with Gasteiger partial charge in [0.2, 0.25) is 5.91 Å². The number of thiazole rings is 1. The zero-order valence-electron chi connectivity index (χ0n) is 16.8. The van der Waals surface area contributed by atoms with Gasteiger partial charge in [-0.25, -0.2) is 19.3 Å². The predicted octanol–water partition coefficient (Wildman–Crippen LogP) is 5.03. The average molecular weight is 436 g/mol. The molecule has 5 rings (SSSR count). The Morgan fingerprint density at radius 1 is 1.06 bits per heavy atom. The van der Waals surface area contributed by atoms with E-state index in [1.807, 2.05) is 6.07 Å². The highest BCUT2D eigenvalue weighted by Gasteiger charge is 2.16. The van der Waals surface area contributed by atoms with Gasteiger partial charge in [0.05, 0.1) is 15.8 Å². The van der Waals surface area contributed by atoms with Crippen LogP contribution in [0, 0.1) is 5.82 Å². The summed E-state index contributed by atoms with van der Waals surface area (Å²) in [6.45, 7) is 0. The molecule has 0 radical (unpaired) electrons. The minimum atomic E-state index is -0.474. The number of rotatable bonds is 4. The van der Waals surface area contributed by atoms with Gasteiger partial charge in [0.25, 0.3) is 0 Å². The molecule has 2 aromatic carbocycles. The maximum Gasteiger partial charge on any atom is 0.249 e. The van der Waals surface area contributed by atoms with E-state index in [1.54, 1.807) is 48.8 Å². The average Bonchev–Trinajstić information content (AvgIpc) is 3.44. The van der Waals surface area contributed by atoms with Crippen LogP contribution in [0.4, 0.5) is 9.52 Å². The summed E-state index contributed by atoms with van der Waals surface area (Å²) in [4.78, 5) is 23.8. The van der Waals surface area contributed by atoms with Gasteiger partial charge in [0, 0.05) is 24.0 Å². The van der Waals surface area contributed by atoms with Gasteiger partial charge in [-0.1, -0.05) is 42.4 Å². The van der Waals surface area contributed by atoms with E-state index in [4.69, 9.17) is 5.73 Å². The van der Waals surface area contributed by atoms with Crippen LogP contribution in [0.5, 0.6) is 0 Å². The van der Waals surface area contributed by atoms with Crippen LogP contribution >= 0.6 is 11.3 Å². The summed E-state index contributed by atoms with van der Waals surface area (Å²) in [6.07, 6.45) is 8.31. The third kappa shape index (κ3) is 5.21. The van der Waals surface area contributed by atoms with Crippen molar-refractivity contribution in [1.82, 2.24) is 15.0 Å². The van der Waals surface area contributed by atoms with Crippen molar-refractivity contribution in [3.05, 3.63) is 72.3 Å². The lowest BCUT2D eigenvalue weighted by atomic mass is 10.1. The van der Waals surface area contributed by atoms with Crippen molar-refractivity contribution in [3.8, 4) is 11.4 Å². The smallest absolute Gasteiger partial charge is 0.249 e. The molecule has 0 saturated heterocycles. The van der Waals surface area contributed by atoms with Gasteiger partial charge in [0.1, 0.15) is 5.82 Å². The van der Waals surface area contributed by atoms with Crippen molar-refractivity contribution >= 4 is 32.6 Å². The molecule has 158 valence electrons. The van der Waals surface area contributed by atoms with E-state index in [0.717, 1.165) is 15.3 Å². The second-order valence-electron chi connectivity index (χ2n) is 7.24. The van der Waals surface area contributed by atoms with Crippen LogP contribution in [0.25, 0.3) is 21.6 Å². The van der Waals surface area contributed by atoms with Crippen molar-refractivity contribution < 1.29 is 9.18 Å². The first kappa shape index (κ1) is 20.9. The van der Waals surface area contributed by atoms with Gasteiger partial charge >= 0.3 is 0 Å². The number of halogens is 1. The van der Waals surface area contributed by atoms with Gasteiger partial charge in [0.15, 0.2) is 11.0 Å². The quantitative estimate of drug-likeness (QED) is 0.469. The highest BCUT2D eigenvalue weighted by Crippen LogP contribution is 2.29. The van der Waals surface area contributed by atoms with Crippen molar-refractivity contribution in [3.63, 3.8) is 0 Å². The van der Waals surface area contributed by atoms with Crippen LogP contribution in [0.1, 0.15) is 36.0 Å². The number of benzene rings is 2. The van der Waals surface area contributed by atoms with Crippen LogP contribution in [0.3, 0.4) is 0 Å². The number of fused-ring (bicyclic) bond motifs is 1. The first-order valence-electron chi connectivity index (χ1n) is 10.1. The van der Waals surface area contributed by atoms with E-state index >= 15 is 0 Å². The topological polar surface area (TPSA) is 93.8 Å². The van der Waals surface area contributed by atoms with Gasteiger partial charge in [-0.15, -0.1) is 0 Å². The Bertz CT molecular complexity index is 1180. The fourth-order valence-electron chi connectivity index (χ4n) is 3.54. The van der Waals surface area contributed by atoms with E-state index in [2.05, 4.69) is 20.3 Å². The Kier molecular flexibility index (Phi) is 6.47. The SMILES string of the molecule is Fc1ccc2nc(NC3CCCC3)sc2c1.NC(=O)c1ccccc1-c1ncccn1. The summed E-state index contributed by atoms with van der Waals surface area (Å²) in [5.41, 5.74) is 7.23. The maximum atomic E-state index is 13.0. The lowest BCUT2D eigenvalue weighted by Gasteiger charge is -2.09. The molecule has 0 aliphatic heterocycles. The number of anilines is 1. The molecule has 6 nitrogen and oxygen atoms in total. The largest absolute Gasteiger partial charge is 0.366 e. The first-order valence-corrected chi connectivity index (χ1v) is 10.9. The number of carbonyl (C=O) groups excluding carboxylic acids is 1. The van der Waals surface area contributed by atoms with Crippen molar-refractivity contribution in [2.45, 2.75) is 31.7 Å². The number of nitrogens with one attached hydrogen (secondary N) is 1. The van der Waals surface area contributed by atoms with Crippen LogP contribution in [0.15, 0.2) is 60.9 Å². The second kappa shape index (κ2) is 9.61. The maximum absolute atomic E-state index is 13.0. The van der Waals surface area contributed by atoms with E-state index in [-0.39, 0.29) is 5.82 Å². The standard InChI is InChI=1S/C12H13FN2S.C11H9N3O/c13-8-5-6-10-11(7-8)16-12(15-10)14-9-3-1-2-4-9;12-10(15)8-4-1-2-5-9(8)11-13-6-3-7-14-11/h5-7,9H,1-4H2,(H,14,15);1-7H,(H2,12,15). The van der Waals surface area contributed by atoms with Crippen molar-refractivity contribution in [2.24, 2.45) is 5.73 Å². The third-order valence-corrected chi connectivity index (χ3v) is 5.98. The number of amides is 1. The molecule has 2 aromatic heterocycles. The van der Waals surface area contributed by atoms with Crippen LogP contribution in [-0.4, -0.2) is 26.9 Å². The molecule has 1 aliphatic rings. The molecule has 31 heavy (non-hydrogen) atoms. The van der Waals surface area contributed by atoms with E-state index in [9.17, 15) is 9.18 Å². The minimum Gasteiger partial charge on any atom is -0.366 e. The minimum absolute atomic E-state index is 0.191. The Morgan fingerprint density at radius 3 is 2.55 bits per heavy atom. The van der Waals surface area contributed by atoms with Gasteiger partial charge in [-0.2, -0.15) is 0 Å². The normalized spacial score (nSPS) is 13.6. The number of primary amides is 1. The summed E-state index contributed by atoms with van der Waals surface area (Å²) in [7, 11) is 0. The monoisotopic (exact) mass is 435 g/mol. The van der Waals surface area contributed by atoms with Crippen molar-refractivity contribution in [1.29, 1.82) is 0 Å². The summed E-state index contributed by atoms with van der Waals surface area (Å²) in [6, 6.07) is 14.0. The predicted molar refractivity (Wildman–Crippen MR) is 121 cm³/mol. The molecule has 1 amide bonds. The summed E-state index contributed by atoms with van der Waals surface area (Å²) >= 11 is 1.54. The molecule has 4 aromatic rings. The van der Waals surface area contributed by atoms with Crippen molar-refractivity contribution in [2.75, 3.05) is 5.32 Å². The molecule has 2 heterocycles. The number of nitrogens with zero attached hydrogens (tertiary/aromatic N) is 3. The summed E-state index contributed by atoms with van der Waals surface area (Å²) in [5.74, 6) is -0.159. The molecule has 0 bridgehead atoms. The Hall–Kier alpha value is -3.39. The Balaban J connectivity index is 0.000000150. The zero-order valence-corrected chi connectivity index (χ0v) is 17.6. The van der Waals surface area contributed by atoms with Gasteiger partial charge < -0.3 is 11.1 Å². The van der Waals surface area contributed by atoms with Crippen LogP contribution in [0.2, 0.25) is 0 Å². The Morgan fingerprint density at radius 2 is 1.81 bits per heavy atom. The summed E-state index contributed by atoms with van der Waals surface area (Å²) in [5, 5.41) is 4.36. The number of aromatic nitrogens is 3. The molecule has 0 unspecified atom stereocenters. The van der Waals surface area contributed by atoms with Gasteiger partial charge in [-0.3, -0.25) is 4.79 Å². The first-order chi connectivity index (χ1) is 15.1. The molecular formula is C23H22FN5OS. The number of nitrogens with two attached hydrogens (primary N) is 1. The Labute approximate surface area is 183 Å². The molecule has 3 N–H and O–H groups in total. The number of hydrogen-bond acceptors (Lipinski definition) is 6. The fraction of sp³-hybridized carbons (Fsp3) is 0.217. The molecule has 8 heteroatoms. The molecule has 0 atom stereocenters. The fourth-order valence-corrected chi connectivity index (χ4v) is 4.50.